The molecule has 3 nitrogen and oxygen atoms in total. The van der Waals surface area contributed by atoms with Crippen LogP contribution in [0.3, 0.4) is 0 Å². The quantitative estimate of drug-likeness (QED) is 0.178. The molecule has 0 radical (unpaired) electrons. The third kappa shape index (κ3) is 5.27. The molecule has 0 unspecified atom stereocenters. The van der Waals surface area contributed by atoms with Crippen LogP contribution >= 0.6 is 0 Å². The first kappa shape index (κ1) is 32.3. The molecule has 264 valence electrons. The summed E-state index contributed by atoms with van der Waals surface area (Å²) in [6.45, 7) is 4.69. The summed E-state index contributed by atoms with van der Waals surface area (Å²) in [4.78, 5) is 10.6. The summed E-state index contributed by atoms with van der Waals surface area (Å²) in [5.41, 5.74) is 16.3. The maximum absolute atomic E-state index is 6.20. The highest BCUT2D eigenvalue weighted by Gasteiger charge is 2.36. The van der Waals surface area contributed by atoms with Gasteiger partial charge in [-0.25, -0.2) is 9.97 Å². The summed E-state index contributed by atoms with van der Waals surface area (Å²) in [6.07, 6.45) is 0. The molecule has 0 amide bonds. The highest BCUT2D eigenvalue weighted by Crippen LogP contribution is 2.51. The van der Waals surface area contributed by atoms with Gasteiger partial charge in [0.1, 0.15) is 11.2 Å². The van der Waals surface area contributed by atoms with Crippen LogP contribution in [0.5, 0.6) is 0 Å². The number of furan rings is 1. The third-order valence-corrected chi connectivity index (χ3v) is 11.6. The van der Waals surface area contributed by atoms with Gasteiger partial charge in [-0.3, -0.25) is 0 Å². The zero-order valence-corrected chi connectivity index (χ0v) is 31.1. The van der Waals surface area contributed by atoms with Crippen LogP contribution in [0.2, 0.25) is 0 Å². The van der Waals surface area contributed by atoms with Crippen molar-refractivity contribution in [1.29, 1.82) is 0 Å². The maximum atomic E-state index is 6.20. The molecule has 0 saturated carbocycles. The van der Waals surface area contributed by atoms with Gasteiger partial charge in [-0.05, 0) is 116 Å². The van der Waals surface area contributed by atoms with Crippen LogP contribution in [-0.4, -0.2) is 9.97 Å². The lowest BCUT2D eigenvalue weighted by atomic mass is 9.81. The van der Waals surface area contributed by atoms with E-state index in [1.165, 1.54) is 33.0 Å². The molecule has 10 aromatic rings. The summed E-state index contributed by atoms with van der Waals surface area (Å²) in [5.74, 6) is 0.699. The molecule has 1 aliphatic rings. The van der Waals surface area contributed by atoms with E-state index in [-0.39, 0.29) is 5.41 Å². The lowest BCUT2D eigenvalue weighted by Crippen LogP contribution is -2.15. The van der Waals surface area contributed by atoms with E-state index in [9.17, 15) is 0 Å². The zero-order chi connectivity index (χ0) is 37.4. The van der Waals surface area contributed by atoms with Crippen molar-refractivity contribution in [1.82, 2.24) is 9.97 Å². The first-order chi connectivity index (χ1) is 27.5. The van der Waals surface area contributed by atoms with Crippen LogP contribution in [0, 0.1) is 0 Å². The fraction of sp³-hybridized carbons (Fsp3) is 0.0566. The fourth-order valence-electron chi connectivity index (χ4n) is 8.69. The van der Waals surface area contributed by atoms with Crippen LogP contribution in [0.1, 0.15) is 25.0 Å². The minimum absolute atomic E-state index is 0.164. The fourth-order valence-corrected chi connectivity index (χ4v) is 8.69. The molecule has 2 aromatic heterocycles. The second-order valence-electron chi connectivity index (χ2n) is 15.4. The molecule has 0 saturated heterocycles. The largest absolute Gasteiger partial charge is 0.456 e. The molecular formula is C53H36N2O. The van der Waals surface area contributed by atoms with E-state index in [0.717, 1.165) is 72.3 Å². The van der Waals surface area contributed by atoms with E-state index in [0.29, 0.717) is 5.82 Å². The van der Waals surface area contributed by atoms with Crippen LogP contribution in [-0.2, 0) is 5.41 Å². The molecule has 0 aliphatic heterocycles. The standard InChI is InChI=1S/C53H36N2O/c1-53(2)46-31-38(21-23-42(46)44-28-35-17-9-10-18-36(35)30-47(44)53)48-32-49(55-52(54-48)34-15-7-4-8-16-34)41-26-39(33-13-5-3-6-14-33)25-40(27-41)37-22-24-51-45(29-37)43-19-11-12-20-50(43)56-51/h3-32H,1-2H3. The summed E-state index contributed by atoms with van der Waals surface area (Å²) in [7, 11) is 0. The average molecular weight is 717 g/mol. The predicted octanol–water partition coefficient (Wildman–Crippen LogP) is 14.2. The second-order valence-corrected chi connectivity index (χ2v) is 15.4. The van der Waals surface area contributed by atoms with Gasteiger partial charge in [-0.1, -0.05) is 135 Å². The summed E-state index contributed by atoms with van der Waals surface area (Å²) >= 11 is 0. The zero-order valence-electron chi connectivity index (χ0n) is 31.1. The van der Waals surface area contributed by atoms with Crippen LogP contribution in [0.15, 0.2) is 186 Å². The Balaban J connectivity index is 1.10. The number of hydrogen-bond donors (Lipinski definition) is 0. The second kappa shape index (κ2) is 12.5. The van der Waals surface area contributed by atoms with Crippen molar-refractivity contribution >= 4 is 32.7 Å². The Kier molecular flexibility index (Phi) is 7.20. The number of rotatable bonds is 5. The molecule has 0 N–H and O–H groups in total. The minimum atomic E-state index is -0.164. The topological polar surface area (TPSA) is 38.9 Å². The normalized spacial score (nSPS) is 13.0. The Hall–Kier alpha value is -7.10. The van der Waals surface area contributed by atoms with Crippen molar-refractivity contribution in [2.75, 3.05) is 0 Å². The SMILES string of the molecule is CC1(C)c2cc(-c3cc(-c4cc(-c5ccccc5)cc(-c5ccc6oc7ccccc7c6c5)c4)nc(-c4ccccc4)n3)ccc2-c2cc3ccccc3cc21. The van der Waals surface area contributed by atoms with Crippen molar-refractivity contribution < 1.29 is 4.42 Å². The Labute approximate surface area is 325 Å². The molecule has 56 heavy (non-hydrogen) atoms. The Bertz CT molecular complexity index is 3160. The van der Waals surface area contributed by atoms with Crippen LogP contribution in [0.4, 0.5) is 0 Å². The van der Waals surface area contributed by atoms with Gasteiger partial charge < -0.3 is 4.42 Å². The summed E-state index contributed by atoms with van der Waals surface area (Å²) in [6, 6.07) is 64.9. The number of fused-ring (bicyclic) bond motifs is 7. The molecule has 0 bridgehead atoms. The Morgan fingerprint density at radius 2 is 0.964 bits per heavy atom. The molecule has 0 fully saturated rings. The molecule has 0 atom stereocenters. The predicted molar refractivity (Wildman–Crippen MR) is 232 cm³/mol. The summed E-state index contributed by atoms with van der Waals surface area (Å²) in [5, 5.41) is 4.76. The number of hydrogen-bond acceptors (Lipinski definition) is 3. The van der Waals surface area contributed by atoms with Crippen molar-refractivity contribution in [3.8, 4) is 67.3 Å². The van der Waals surface area contributed by atoms with E-state index in [1.807, 2.05) is 30.3 Å². The molecular weight excluding hydrogens is 681 g/mol. The molecule has 0 spiro atoms. The van der Waals surface area contributed by atoms with Gasteiger partial charge in [0.05, 0.1) is 11.4 Å². The van der Waals surface area contributed by atoms with E-state index < -0.39 is 0 Å². The van der Waals surface area contributed by atoms with Crippen molar-refractivity contribution in [3.05, 3.63) is 193 Å². The number of nitrogens with zero attached hydrogens (tertiary/aromatic N) is 2. The minimum Gasteiger partial charge on any atom is -0.456 e. The third-order valence-electron chi connectivity index (χ3n) is 11.6. The van der Waals surface area contributed by atoms with Crippen LogP contribution in [0.25, 0.3) is 100.0 Å². The highest BCUT2D eigenvalue weighted by atomic mass is 16.3. The molecule has 3 heteroatoms. The first-order valence-corrected chi connectivity index (χ1v) is 19.2. The monoisotopic (exact) mass is 716 g/mol. The molecule has 8 aromatic carbocycles. The van der Waals surface area contributed by atoms with E-state index in [2.05, 4.69) is 166 Å². The maximum Gasteiger partial charge on any atom is 0.160 e. The smallest absolute Gasteiger partial charge is 0.160 e. The van der Waals surface area contributed by atoms with Gasteiger partial charge in [-0.15, -0.1) is 0 Å². The van der Waals surface area contributed by atoms with E-state index in [4.69, 9.17) is 14.4 Å². The average Bonchev–Trinajstić information content (AvgIpc) is 3.74. The van der Waals surface area contributed by atoms with Gasteiger partial charge >= 0.3 is 0 Å². The van der Waals surface area contributed by atoms with Gasteiger partial charge in [0.2, 0.25) is 0 Å². The first-order valence-electron chi connectivity index (χ1n) is 19.2. The number of benzene rings is 8. The van der Waals surface area contributed by atoms with E-state index >= 15 is 0 Å². The van der Waals surface area contributed by atoms with Crippen molar-refractivity contribution in [3.63, 3.8) is 0 Å². The van der Waals surface area contributed by atoms with E-state index in [1.54, 1.807) is 0 Å². The lowest BCUT2D eigenvalue weighted by Gasteiger charge is -2.22. The van der Waals surface area contributed by atoms with Gasteiger partial charge in [0.25, 0.3) is 0 Å². The Morgan fingerprint density at radius 1 is 0.375 bits per heavy atom. The Morgan fingerprint density at radius 3 is 1.75 bits per heavy atom. The van der Waals surface area contributed by atoms with Crippen molar-refractivity contribution in [2.45, 2.75) is 19.3 Å². The highest BCUT2D eigenvalue weighted by molar-refractivity contribution is 6.06. The van der Waals surface area contributed by atoms with Gasteiger partial charge in [0, 0.05) is 32.9 Å². The molecule has 11 rings (SSSR count). The van der Waals surface area contributed by atoms with Gasteiger partial charge in [-0.2, -0.15) is 0 Å². The summed E-state index contributed by atoms with van der Waals surface area (Å²) < 4.78 is 6.20. The number of aromatic nitrogens is 2. The number of para-hydroxylation sites is 1. The molecule has 1 aliphatic carbocycles. The van der Waals surface area contributed by atoms with Gasteiger partial charge in [0.15, 0.2) is 5.82 Å². The lowest BCUT2D eigenvalue weighted by molar-refractivity contribution is 0.661. The van der Waals surface area contributed by atoms with Crippen molar-refractivity contribution in [2.24, 2.45) is 0 Å². The molecule has 2 heterocycles. The van der Waals surface area contributed by atoms with Crippen LogP contribution < -0.4 is 0 Å².